The fraction of sp³-hybridized carbons (Fsp3) is 0.667. The Kier molecular flexibility index (Phi) is 4.74. The number of rotatable bonds is 3. The predicted octanol–water partition coefficient (Wildman–Crippen LogP) is 4.45. The van der Waals surface area contributed by atoms with E-state index in [1.807, 2.05) is 18.2 Å². The molecule has 2 aliphatic carbocycles. The highest BCUT2D eigenvalue weighted by atomic mass is 16.5. The van der Waals surface area contributed by atoms with E-state index in [1.165, 1.54) is 12.8 Å². The van der Waals surface area contributed by atoms with E-state index in [1.54, 1.807) is 12.1 Å². The summed E-state index contributed by atoms with van der Waals surface area (Å²) in [7, 11) is 0. The molecule has 132 valence electrons. The zero-order chi connectivity index (χ0) is 17.4. The molecule has 0 unspecified atom stereocenters. The van der Waals surface area contributed by atoms with Crippen LogP contribution in [-0.2, 0) is 4.74 Å². The summed E-state index contributed by atoms with van der Waals surface area (Å²) in [6.07, 6.45) is 5.08. The van der Waals surface area contributed by atoms with Crippen molar-refractivity contribution in [2.24, 2.45) is 22.7 Å². The van der Waals surface area contributed by atoms with Crippen molar-refractivity contribution < 1.29 is 14.6 Å². The lowest BCUT2D eigenvalue weighted by atomic mass is 9.48. The number of esters is 1. The SMILES string of the molecule is CC1(C)CCC[C@]2(C)[C@H](COC(=O)c3ccccc3)[C@H](O)CC[C@@H]12. The largest absolute Gasteiger partial charge is 0.462 e. The summed E-state index contributed by atoms with van der Waals surface area (Å²) in [5.74, 6) is 0.328. The Hall–Kier alpha value is -1.35. The smallest absolute Gasteiger partial charge is 0.338 e. The maximum atomic E-state index is 12.3. The fourth-order valence-corrected chi connectivity index (χ4v) is 5.43. The van der Waals surface area contributed by atoms with Gasteiger partial charge in [0.25, 0.3) is 0 Å². The van der Waals surface area contributed by atoms with E-state index in [0.717, 1.165) is 19.3 Å². The van der Waals surface area contributed by atoms with E-state index in [2.05, 4.69) is 20.8 Å². The molecule has 0 bridgehead atoms. The molecule has 1 aromatic rings. The van der Waals surface area contributed by atoms with Crippen molar-refractivity contribution in [3.8, 4) is 0 Å². The van der Waals surface area contributed by atoms with Gasteiger partial charge in [-0.25, -0.2) is 4.79 Å². The Morgan fingerprint density at radius 3 is 2.58 bits per heavy atom. The van der Waals surface area contributed by atoms with Gasteiger partial charge in [-0.1, -0.05) is 45.4 Å². The third kappa shape index (κ3) is 3.11. The normalized spacial score (nSPS) is 35.1. The van der Waals surface area contributed by atoms with E-state index in [-0.39, 0.29) is 23.4 Å². The Morgan fingerprint density at radius 2 is 1.88 bits per heavy atom. The summed E-state index contributed by atoms with van der Waals surface area (Å²) in [6.45, 7) is 7.35. The van der Waals surface area contributed by atoms with Crippen LogP contribution in [0.3, 0.4) is 0 Å². The van der Waals surface area contributed by atoms with Crippen molar-refractivity contribution in [1.29, 1.82) is 0 Å². The molecule has 2 fully saturated rings. The van der Waals surface area contributed by atoms with Crippen LogP contribution in [0.2, 0.25) is 0 Å². The lowest BCUT2D eigenvalue weighted by Crippen LogP contribution is -2.54. The van der Waals surface area contributed by atoms with Gasteiger partial charge in [0.15, 0.2) is 0 Å². The van der Waals surface area contributed by atoms with Crippen LogP contribution in [0.5, 0.6) is 0 Å². The molecule has 4 atom stereocenters. The van der Waals surface area contributed by atoms with Crippen LogP contribution in [0.4, 0.5) is 0 Å². The molecular weight excluding hydrogens is 300 g/mol. The second-order valence-corrected chi connectivity index (χ2v) is 8.62. The van der Waals surface area contributed by atoms with E-state index >= 15 is 0 Å². The Labute approximate surface area is 145 Å². The van der Waals surface area contributed by atoms with Gasteiger partial charge in [0.05, 0.1) is 18.3 Å². The van der Waals surface area contributed by atoms with E-state index in [9.17, 15) is 9.90 Å². The Bertz CT molecular complexity index is 580. The van der Waals surface area contributed by atoms with Crippen LogP contribution in [0.1, 0.15) is 63.2 Å². The molecule has 0 amide bonds. The van der Waals surface area contributed by atoms with E-state index < -0.39 is 0 Å². The van der Waals surface area contributed by atoms with E-state index in [0.29, 0.717) is 23.5 Å². The quantitative estimate of drug-likeness (QED) is 0.833. The average Bonchev–Trinajstić information content (AvgIpc) is 2.54. The molecule has 0 saturated heterocycles. The van der Waals surface area contributed by atoms with Crippen molar-refractivity contribution >= 4 is 5.97 Å². The molecule has 1 N–H and O–H groups in total. The number of carbonyl (C=O) groups excluding carboxylic acids is 1. The Balaban J connectivity index is 1.74. The predicted molar refractivity (Wildman–Crippen MR) is 94.7 cm³/mol. The van der Waals surface area contributed by atoms with Gasteiger partial charge in [0.2, 0.25) is 0 Å². The molecule has 0 spiro atoms. The standard InChI is InChI=1S/C21H30O3/c1-20(2)12-7-13-21(3)16(17(22)10-11-18(20)21)14-24-19(23)15-8-5-4-6-9-15/h4-6,8-9,16-18,22H,7,10-14H2,1-3H3/t16-,17-,18+,21-/m1/s1. The first-order chi connectivity index (χ1) is 11.3. The minimum absolute atomic E-state index is 0.0310. The molecule has 3 nitrogen and oxygen atoms in total. The molecule has 0 aliphatic heterocycles. The number of benzene rings is 1. The van der Waals surface area contributed by atoms with Gasteiger partial charge in [0, 0.05) is 5.92 Å². The van der Waals surface area contributed by atoms with Crippen LogP contribution >= 0.6 is 0 Å². The lowest BCUT2D eigenvalue weighted by Gasteiger charge is -2.58. The number of hydrogen-bond acceptors (Lipinski definition) is 3. The molecular formula is C21H30O3. The third-order valence-electron chi connectivity index (χ3n) is 6.74. The van der Waals surface area contributed by atoms with Crippen LogP contribution < -0.4 is 0 Å². The minimum atomic E-state index is -0.372. The van der Waals surface area contributed by atoms with Crippen LogP contribution in [0.25, 0.3) is 0 Å². The van der Waals surface area contributed by atoms with Crippen molar-refractivity contribution in [3.63, 3.8) is 0 Å². The molecule has 24 heavy (non-hydrogen) atoms. The summed E-state index contributed by atoms with van der Waals surface area (Å²) < 4.78 is 5.62. The summed E-state index contributed by atoms with van der Waals surface area (Å²) in [5.41, 5.74) is 0.930. The first-order valence-electron chi connectivity index (χ1n) is 9.25. The first kappa shape index (κ1) is 17.5. The van der Waals surface area contributed by atoms with Crippen molar-refractivity contribution in [2.45, 2.75) is 59.0 Å². The molecule has 0 radical (unpaired) electrons. The summed E-state index contributed by atoms with van der Waals surface area (Å²) in [4.78, 5) is 12.3. The maximum Gasteiger partial charge on any atom is 0.338 e. The van der Waals surface area contributed by atoms with Gasteiger partial charge in [-0.2, -0.15) is 0 Å². The van der Waals surface area contributed by atoms with Crippen molar-refractivity contribution in [2.75, 3.05) is 6.61 Å². The first-order valence-corrected chi connectivity index (χ1v) is 9.25. The van der Waals surface area contributed by atoms with Crippen molar-refractivity contribution in [3.05, 3.63) is 35.9 Å². The number of carbonyl (C=O) groups is 1. The Morgan fingerprint density at radius 1 is 1.17 bits per heavy atom. The molecule has 0 heterocycles. The average molecular weight is 330 g/mol. The highest BCUT2D eigenvalue weighted by Crippen LogP contribution is 2.59. The number of ether oxygens (including phenoxy) is 1. The second-order valence-electron chi connectivity index (χ2n) is 8.62. The van der Waals surface area contributed by atoms with Gasteiger partial charge >= 0.3 is 5.97 Å². The lowest BCUT2D eigenvalue weighted by molar-refractivity contribution is -0.137. The highest BCUT2D eigenvalue weighted by molar-refractivity contribution is 5.89. The molecule has 2 aliphatic rings. The topological polar surface area (TPSA) is 46.5 Å². The zero-order valence-corrected chi connectivity index (χ0v) is 15.1. The highest BCUT2D eigenvalue weighted by Gasteiger charge is 2.54. The van der Waals surface area contributed by atoms with Crippen LogP contribution in [-0.4, -0.2) is 23.8 Å². The number of aliphatic hydroxyl groups is 1. The number of aliphatic hydroxyl groups excluding tert-OH is 1. The monoisotopic (exact) mass is 330 g/mol. The molecule has 0 aromatic heterocycles. The summed E-state index contributed by atoms with van der Waals surface area (Å²) in [6, 6.07) is 9.11. The fourth-order valence-electron chi connectivity index (χ4n) is 5.43. The molecule has 2 saturated carbocycles. The summed E-state index contributed by atoms with van der Waals surface area (Å²) in [5, 5.41) is 10.6. The molecule has 1 aromatic carbocycles. The van der Waals surface area contributed by atoms with Gasteiger partial charge in [0.1, 0.15) is 0 Å². The third-order valence-corrected chi connectivity index (χ3v) is 6.74. The van der Waals surface area contributed by atoms with Gasteiger partial charge in [-0.05, 0) is 54.6 Å². The number of hydrogen-bond donors (Lipinski definition) is 1. The van der Waals surface area contributed by atoms with Crippen molar-refractivity contribution in [1.82, 2.24) is 0 Å². The van der Waals surface area contributed by atoms with Gasteiger partial charge in [-0.3, -0.25) is 0 Å². The zero-order valence-electron chi connectivity index (χ0n) is 15.1. The van der Waals surface area contributed by atoms with Gasteiger partial charge < -0.3 is 9.84 Å². The minimum Gasteiger partial charge on any atom is -0.462 e. The second kappa shape index (κ2) is 6.51. The van der Waals surface area contributed by atoms with E-state index in [4.69, 9.17) is 4.74 Å². The molecule has 3 rings (SSSR count). The maximum absolute atomic E-state index is 12.3. The van der Waals surface area contributed by atoms with Crippen LogP contribution in [0, 0.1) is 22.7 Å². The molecule has 3 heteroatoms. The van der Waals surface area contributed by atoms with Gasteiger partial charge in [-0.15, -0.1) is 0 Å². The number of fused-ring (bicyclic) bond motifs is 1. The van der Waals surface area contributed by atoms with Crippen LogP contribution in [0.15, 0.2) is 30.3 Å². The summed E-state index contributed by atoms with van der Waals surface area (Å²) >= 11 is 0.